The van der Waals surface area contributed by atoms with Gasteiger partial charge in [0.25, 0.3) is 0 Å². The third kappa shape index (κ3) is 4.14. The number of sulfonamides is 2. The second-order valence-corrected chi connectivity index (χ2v) is 8.94. The van der Waals surface area contributed by atoms with E-state index in [0.717, 1.165) is 0 Å². The van der Waals surface area contributed by atoms with E-state index in [1.807, 2.05) is 0 Å². The van der Waals surface area contributed by atoms with Crippen molar-refractivity contribution in [3.8, 4) is 5.75 Å². The van der Waals surface area contributed by atoms with E-state index < -0.39 is 20.0 Å². The van der Waals surface area contributed by atoms with Crippen LogP contribution in [0.2, 0.25) is 0 Å². The zero-order valence-electron chi connectivity index (χ0n) is 13.1. The minimum atomic E-state index is -3.79. The Kier molecular flexibility index (Phi) is 5.50. The molecule has 0 radical (unpaired) electrons. The summed E-state index contributed by atoms with van der Waals surface area (Å²) in [6.07, 6.45) is 0. The summed E-state index contributed by atoms with van der Waals surface area (Å²) in [5.41, 5.74) is 0.00438. The van der Waals surface area contributed by atoms with Crippen molar-refractivity contribution in [3.63, 3.8) is 0 Å². The lowest BCUT2D eigenvalue weighted by molar-refractivity contribution is 0.360. The van der Waals surface area contributed by atoms with Gasteiger partial charge in [-0.3, -0.25) is 4.72 Å². The van der Waals surface area contributed by atoms with Gasteiger partial charge in [0.2, 0.25) is 20.0 Å². The molecule has 1 aromatic rings. The van der Waals surface area contributed by atoms with Gasteiger partial charge in [0.1, 0.15) is 10.6 Å². The van der Waals surface area contributed by atoms with Crippen LogP contribution in [0.1, 0.15) is 6.92 Å². The summed E-state index contributed by atoms with van der Waals surface area (Å²) < 4.78 is 58.0. The molecule has 1 aliphatic heterocycles. The monoisotopic (exact) mass is 363 g/mol. The van der Waals surface area contributed by atoms with Gasteiger partial charge >= 0.3 is 0 Å². The molecule has 0 aromatic heterocycles. The topological polar surface area (TPSA) is 105 Å². The number of hydrogen-bond acceptors (Lipinski definition) is 6. The first-order chi connectivity index (χ1) is 10.8. The zero-order valence-corrected chi connectivity index (χ0v) is 14.7. The summed E-state index contributed by atoms with van der Waals surface area (Å²) in [6, 6.07) is 4.24. The molecule has 0 atom stereocenters. The Morgan fingerprint density at radius 1 is 1.22 bits per heavy atom. The van der Waals surface area contributed by atoms with Crippen LogP contribution in [0.5, 0.6) is 5.75 Å². The Balaban J connectivity index is 2.48. The molecule has 2 N–H and O–H groups in total. The Morgan fingerprint density at radius 2 is 1.87 bits per heavy atom. The predicted octanol–water partition coefficient (Wildman–Crippen LogP) is 0.0507. The van der Waals surface area contributed by atoms with Gasteiger partial charge in [-0.2, -0.15) is 4.31 Å². The quantitative estimate of drug-likeness (QED) is 0.740. The number of nitrogens with zero attached hydrogens (tertiary/aromatic N) is 1. The summed E-state index contributed by atoms with van der Waals surface area (Å²) in [4.78, 5) is -0.0720. The molecular formula is C13H21N3O5S2. The molecule has 0 bridgehead atoms. The summed E-state index contributed by atoms with van der Waals surface area (Å²) in [5, 5.41) is 3.08. The van der Waals surface area contributed by atoms with Crippen LogP contribution in [0.3, 0.4) is 0 Å². The average Bonchev–Trinajstić information content (AvgIpc) is 2.55. The van der Waals surface area contributed by atoms with E-state index in [0.29, 0.717) is 31.9 Å². The summed E-state index contributed by atoms with van der Waals surface area (Å²) >= 11 is 0. The smallest absolute Gasteiger partial charge is 0.245 e. The third-order valence-electron chi connectivity index (χ3n) is 3.53. The fraction of sp³-hybridized carbons (Fsp3) is 0.538. The third-order valence-corrected chi connectivity index (χ3v) is 6.77. The van der Waals surface area contributed by atoms with Crippen molar-refractivity contribution in [3.05, 3.63) is 18.2 Å². The van der Waals surface area contributed by atoms with Gasteiger partial charge in [-0.05, 0) is 19.1 Å². The summed E-state index contributed by atoms with van der Waals surface area (Å²) in [5.74, 6) is 0.218. The van der Waals surface area contributed by atoms with Crippen molar-refractivity contribution in [2.24, 2.45) is 0 Å². The Morgan fingerprint density at radius 3 is 2.43 bits per heavy atom. The molecule has 0 unspecified atom stereocenters. The first-order valence-electron chi connectivity index (χ1n) is 7.19. The van der Waals surface area contributed by atoms with Crippen molar-refractivity contribution in [1.29, 1.82) is 0 Å². The molecular weight excluding hydrogens is 342 g/mol. The molecule has 10 heteroatoms. The van der Waals surface area contributed by atoms with Crippen LogP contribution in [0.15, 0.2) is 23.1 Å². The molecule has 1 aromatic carbocycles. The number of hydrogen-bond donors (Lipinski definition) is 2. The van der Waals surface area contributed by atoms with Gasteiger partial charge < -0.3 is 10.1 Å². The van der Waals surface area contributed by atoms with E-state index in [-0.39, 0.29) is 16.3 Å². The fourth-order valence-corrected chi connectivity index (χ4v) is 4.49. The standard InChI is InChI=1S/C13H21N3O5S2/c1-3-22(17,18)15-12-10-11(21-2)4-5-13(12)23(19,20)16-8-6-14-7-9-16/h4-5,10,14-15H,3,6-9H2,1-2H3. The predicted molar refractivity (Wildman–Crippen MR) is 87.7 cm³/mol. The van der Waals surface area contributed by atoms with Crippen molar-refractivity contribution in [2.75, 3.05) is 43.8 Å². The van der Waals surface area contributed by atoms with Crippen LogP contribution < -0.4 is 14.8 Å². The maximum absolute atomic E-state index is 12.8. The Hall–Kier alpha value is -1.36. The van der Waals surface area contributed by atoms with E-state index in [4.69, 9.17) is 4.74 Å². The highest BCUT2D eigenvalue weighted by Crippen LogP contribution is 2.29. The van der Waals surface area contributed by atoms with Gasteiger partial charge in [-0.25, -0.2) is 16.8 Å². The molecule has 130 valence electrons. The highest BCUT2D eigenvalue weighted by atomic mass is 32.2. The number of benzene rings is 1. The molecule has 1 fully saturated rings. The average molecular weight is 363 g/mol. The highest BCUT2D eigenvalue weighted by Gasteiger charge is 2.29. The van der Waals surface area contributed by atoms with Crippen LogP contribution in [0.4, 0.5) is 5.69 Å². The molecule has 0 amide bonds. The minimum absolute atomic E-state index is 0.00438. The first kappa shape index (κ1) is 18.0. The maximum atomic E-state index is 12.8. The number of anilines is 1. The van der Waals surface area contributed by atoms with Gasteiger partial charge in [-0.1, -0.05) is 0 Å². The lowest BCUT2D eigenvalue weighted by Crippen LogP contribution is -2.46. The molecule has 0 saturated carbocycles. The van der Waals surface area contributed by atoms with Gasteiger partial charge in [-0.15, -0.1) is 0 Å². The molecule has 0 aliphatic carbocycles. The van der Waals surface area contributed by atoms with E-state index in [1.54, 1.807) is 0 Å². The molecule has 1 saturated heterocycles. The van der Waals surface area contributed by atoms with Crippen LogP contribution in [0.25, 0.3) is 0 Å². The Labute approximate surface area is 136 Å². The lowest BCUT2D eigenvalue weighted by atomic mass is 10.3. The molecule has 1 heterocycles. The van der Waals surface area contributed by atoms with Gasteiger partial charge in [0.05, 0.1) is 18.6 Å². The van der Waals surface area contributed by atoms with Crippen LogP contribution in [-0.4, -0.2) is 60.2 Å². The highest BCUT2D eigenvalue weighted by molar-refractivity contribution is 7.93. The van der Waals surface area contributed by atoms with Crippen LogP contribution in [0, 0.1) is 0 Å². The number of ether oxygens (including phenoxy) is 1. The SMILES string of the molecule is CCS(=O)(=O)Nc1cc(OC)ccc1S(=O)(=O)N1CCNCC1. The number of rotatable bonds is 6. The number of methoxy groups -OCH3 is 1. The summed E-state index contributed by atoms with van der Waals surface area (Å²) in [7, 11) is -5.97. The molecule has 23 heavy (non-hydrogen) atoms. The number of nitrogens with one attached hydrogen (secondary N) is 2. The maximum Gasteiger partial charge on any atom is 0.245 e. The molecule has 0 spiro atoms. The van der Waals surface area contributed by atoms with Crippen molar-refractivity contribution < 1.29 is 21.6 Å². The van der Waals surface area contributed by atoms with Gasteiger partial charge in [0.15, 0.2) is 0 Å². The summed E-state index contributed by atoms with van der Waals surface area (Å²) in [6.45, 7) is 3.28. The molecule has 1 aliphatic rings. The van der Waals surface area contributed by atoms with Crippen molar-refractivity contribution in [1.82, 2.24) is 9.62 Å². The zero-order chi connectivity index (χ0) is 17.1. The largest absolute Gasteiger partial charge is 0.497 e. The minimum Gasteiger partial charge on any atom is -0.497 e. The second kappa shape index (κ2) is 7.04. The number of piperazine rings is 1. The van der Waals surface area contributed by atoms with E-state index in [9.17, 15) is 16.8 Å². The van der Waals surface area contributed by atoms with E-state index in [1.165, 1.54) is 36.5 Å². The lowest BCUT2D eigenvalue weighted by Gasteiger charge is -2.27. The van der Waals surface area contributed by atoms with E-state index in [2.05, 4.69) is 10.0 Å². The fourth-order valence-electron chi connectivity index (χ4n) is 2.20. The second-order valence-electron chi connectivity index (χ2n) is 5.02. The van der Waals surface area contributed by atoms with E-state index >= 15 is 0 Å². The van der Waals surface area contributed by atoms with Crippen molar-refractivity contribution >= 4 is 25.7 Å². The normalized spacial score (nSPS) is 17.0. The molecule has 8 nitrogen and oxygen atoms in total. The van der Waals surface area contributed by atoms with Crippen LogP contribution in [-0.2, 0) is 20.0 Å². The first-order valence-corrected chi connectivity index (χ1v) is 10.3. The Bertz CT molecular complexity index is 756. The molecule has 2 rings (SSSR count). The van der Waals surface area contributed by atoms with Crippen LogP contribution >= 0.6 is 0 Å². The van der Waals surface area contributed by atoms with Gasteiger partial charge in [0, 0.05) is 32.2 Å². The van der Waals surface area contributed by atoms with Crippen molar-refractivity contribution in [2.45, 2.75) is 11.8 Å².